The Kier molecular flexibility index (Phi) is 2.63. The molecule has 92 valence electrons. The Morgan fingerprint density at radius 3 is 2.94 bits per heavy atom. The molecule has 0 radical (unpaired) electrons. The molecule has 1 saturated heterocycles. The Labute approximate surface area is 100 Å². The molecule has 3 N–H and O–H groups in total. The predicted octanol–water partition coefficient (Wildman–Crippen LogP) is 0.186. The first kappa shape index (κ1) is 10.8. The standard InChI is InChI=1S/C12H18N4O/c13-8-5-6-16(7-8)12-14-10-4-2-1-3-9(10)11(17)15-12/h8H,1-7,13H2,(H,14,15,17)/t8-/m0/s1. The number of nitrogens with one attached hydrogen (secondary N) is 1. The number of anilines is 1. The van der Waals surface area contributed by atoms with Gasteiger partial charge >= 0.3 is 0 Å². The summed E-state index contributed by atoms with van der Waals surface area (Å²) in [5.41, 5.74) is 7.81. The third-order valence-corrected chi connectivity index (χ3v) is 3.70. The van der Waals surface area contributed by atoms with Crippen molar-refractivity contribution in [1.82, 2.24) is 9.97 Å². The number of rotatable bonds is 1. The number of hydrogen-bond acceptors (Lipinski definition) is 4. The van der Waals surface area contributed by atoms with Gasteiger partial charge in [0.05, 0.1) is 5.69 Å². The molecule has 2 aliphatic rings. The number of nitrogens with zero attached hydrogens (tertiary/aromatic N) is 2. The monoisotopic (exact) mass is 234 g/mol. The molecule has 1 aromatic heterocycles. The van der Waals surface area contributed by atoms with Crippen molar-refractivity contribution < 1.29 is 0 Å². The van der Waals surface area contributed by atoms with E-state index in [2.05, 4.69) is 14.9 Å². The van der Waals surface area contributed by atoms with Crippen LogP contribution in [0.15, 0.2) is 4.79 Å². The fourth-order valence-electron chi connectivity index (χ4n) is 2.72. The van der Waals surface area contributed by atoms with Gasteiger partial charge in [-0.25, -0.2) is 4.98 Å². The summed E-state index contributed by atoms with van der Waals surface area (Å²) in [6.45, 7) is 1.69. The summed E-state index contributed by atoms with van der Waals surface area (Å²) in [5.74, 6) is 0.712. The largest absolute Gasteiger partial charge is 0.341 e. The number of aryl methyl sites for hydroxylation is 1. The highest BCUT2D eigenvalue weighted by atomic mass is 16.1. The van der Waals surface area contributed by atoms with E-state index < -0.39 is 0 Å². The molecule has 1 aromatic rings. The quantitative estimate of drug-likeness (QED) is 0.727. The summed E-state index contributed by atoms with van der Waals surface area (Å²) in [4.78, 5) is 21.6. The van der Waals surface area contributed by atoms with E-state index in [1.54, 1.807) is 0 Å². The molecule has 0 spiro atoms. The number of aromatic amines is 1. The molecule has 1 atom stereocenters. The Hall–Kier alpha value is -1.36. The van der Waals surface area contributed by atoms with Crippen LogP contribution in [0.4, 0.5) is 5.95 Å². The lowest BCUT2D eigenvalue weighted by molar-refractivity contribution is 0.653. The van der Waals surface area contributed by atoms with Crippen LogP contribution in [0.3, 0.4) is 0 Å². The molecule has 0 aromatic carbocycles. The van der Waals surface area contributed by atoms with Crippen LogP contribution in [0.2, 0.25) is 0 Å². The van der Waals surface area contributed by atoms with Crippen molar-refractivity contribution in [3.05, 3.63) is 21.6 Å². The zero-order valence-electron chi connectivity index (χ0n) is 9.91. The van der Waals surface area contributed by atoms with Gasteiger partial charge in [-0.05, 0) is 32.1 Å². The van der Waals surface area contributed by atoms with E-state index in [9.17, 15) is 4.79 Å². The van der Waals surface area contributed by atoms with E-state index in [-0.39, 0.29) is 11.6 Å². The molecule has 1 aliphatic carbocycles. The van der Waals surface area contributed by atoms with Gasteiger partial charge in [0, 0.05) is 24.7 Å². The van der Waals surface area contributed by atoms with Gasteiger partial charge in [0.25, 0.3) is 5.56 Å². The third-order valence-electron chi connectivity index (χ3n) is 3.70. The zero-order chi connectivity index (χ0) is 11.8. The van der Waals surface area contributed by atoms with Crippen LogP contribution < -0.4 is 16.2 Å². The average molecular weight is 234 g/mol. The first-order chi connectivity index (χ1) is 8.24. The second-order valence-electron chi connectivity index (χ2n) is 5.02. The minimum atomic E-state index is 0.0465. The van der Waals surface area contributed by atoms with Crippen molar-refractivity contribution in [3.8, 4) is 0 Å². The topological polar surface area (TPSA) is 75.0 Å². The summed E-state index contributed by atoms with van der Waals surface area (Å²) >= 11 is 0. The van der Waals surface area contributed by atoms with E-state index in [4.69, 9.17) is 5.73 Å². The highest BCUT2D eigenvalue weighted by Gasteiger charge is 2.23. The molecule has 0 bridgehead atoms. The molecule has 3 rings (SSSR count). The molecular weight excluding hydrogens is 216 g/mol. The summed E-state index contributed by atoms with van der Waals surface area (Å²) in [5, 5.41) is 0. The summed E-state index contributed by atoms with van der Waals surface area (Å²) in [6.07, 6.45) is 5.03. The van der Waals surface area contributed by atoms with Crippen LogP contribution in [0.1, 0.15) is 30.5 Å². The van der Waals surface area contributed by atoms with Gasteiger partial charge in [0.2, 0.25) is 5.95 Å². The minimum absolute atomic E-state index is 0.0465. The molecule has 1 fully saturated rings. The fourth-order valence-corrected chi connectivity index (χ4v) is 2.72. The van der Waals surface area contributed by atoms with Crippen LogP contribution in [-0.4, -0.2) is 29.1 Å². The molecule has 0 saturated carbocycles. The lowest BCUT2D eigenvalue weighted by atomic mass is 9.97. The number of hydrogen-bond donors (Lipinski definition) is 2. The van der Waals surface area contributed by atoms with Gasteiger partial charge in [0.15, 0.2) is 0 Å². The van der Waals surface area contributed by atoms with Crippen molar-refractivity contribution >= 4 is 5.95 Å². The summed E-state index contributed by atoms with van der Waals surface area (Å²) < 4.78 is 0. The van der Waals surface area contributed by atoms with Crippen molar-refractivity contribution in [2.45, 2.75) is 38.1 Å². The molecule has 1 aliphatic heterocycles. The highest BCUT2D eigenvalue weighted by molar-refractivity contribution is 5.35. The second-order valence-corrected chi connectivity index (χ2v) is 5.02. The van der Waals surface area contributed by atoms with Crippen LogP contribution in [0, 0.1) is 0 Å². The normalized spacial score (nSPS) is 23.8. The maximum absolute atomic E-state index is 12.0. The fraction of sp³-hybridized carbons (Fsp3) is 0.667. The highest BCUT2D eigenvalue weighted by Crippen LogP contribution is 2.20. The van der Waals surface area contributed by atoms with Gasteiger partial charge in [-0.15, -0.1) is 0 Å². The van der Waals surface area contributed by atoms with Crippen molar-refractivity contribution in [1.29, 1.82) is 0 Å². The van der Waals surface area contributed by atoms with E-state index in [0.29, 0.717) is 5.95 Å². The van der Waals surface area contributed by atoms with E-state index in [0.717, 1.165) is 56.5 Å². The van der Waals surface area contributed by atoms with Crippen molar-refractivity contribution in [3.63, 3.8) is 0 Å². The summed E-state index contributed by atoms with van der Waals surface area (Å²) in [6, 6.07) is 0.205. The molecule has 5 heteroatoms. The summed E-state index contributed by atoms with van der Waals surface area (Å²) in [7, 11) is 0. The number of fused-ring (bicyclic) bond motifs is 1. The maximum Gasteiger partial charge on any atom is 0.255 e. The minimum Gasteiger partial charge on any atom is -0.341 e. The van der Waals surface area contributed by atoms with E-state index >= 15 is 0 Å². The third kappa shape index (κ3) is 1.95. The number of nitrogens with two attached hydrogens (primary N) is 1. The van der Waals surface area contributed by atoms with Gasteiger partial charge in [0.1, 0.15) is 0 Å². The predicted molar refractivity (Wildman–Crippen MR) is 66.3 cm³/mol. The number of H-pyrrole nitrogens is 1. The SMILES string of the molecule is N[C@H]1CCN(c2nc3c(c(=O)[nH]2)CCCC3)C1. The van der Waals surface area contributed by atoms with Crippen LogP contribution in [-0.2, 0) is 12.8 Å². The van der Waals surface area contributed by atoms with E-state index in [1.807, 2.05) is 0 Å². The maximum atomic E-state index is 12.0. The first-order valence-electron chi connectivity index (χ1n) is 6.36. The van der Waals surface area contributed by atoms with Gasteiger partial charge in [-0.1, -0.05) is 0 Å². The Morgan fingerprint density at radius 2 is 2.18 bits per heavy atom. The van der Waals surface area contributed by atoms with Crippen LogP contribution >= 0.6 is 0 Å². The molecule has 17 heavy (non-hydrogen) atoms. The van der Waals surface area contributed by atoms with Crippen molar-refractivity contribution in [2.24, 2.45) is 5.73 Å². The van der Waals surface area contributed by atoms with Gasteiger partial charge in [-0.2, -0.15) is 0 Å². The lowest BCUT2D eigenvalue weighted by Gasteiger charge is -2.20. The Bertz CT molecular complexity index is 482. The van der Waals surface area contributed by atoms with Gasteiger partial charge < -0.3 is 10.6 Å². The Balaban J connectivity index is 1.96. The average Bonchev–Trinajstić information content (AvgIpc) is 2.76. The molecular formula is C12H18N4O. The zero-order valence-corrected chi connectivity index (χ0v) is 9.91. The van der Waals surface area contributed by atoms with Crippen LogP contribution in [0.25, 0.3) is 0 Å². The van der Waals surface area contributed by atoms with Crippen LogP contribution in [0.5, 0.6) is 0 Å². The molecule has 0 unspecified atom stereocenters. The van der Waals surface area contributed by atoms with E-state index in [1.165, 1.54) is 0 Å². The van der Waals surface area contributed by atoms with Gasteiger partial charge in [-0.3, -0.25) is 9.78 Å². The smallest absolute Gasteiger partial charge is 0.255 e. The molecule has 0 amide bonds. The Morgan fingerprint density at radius 1 is 1.35 bits per heavy atom. The molecule has 2 heterocycles. The second kappa shape index (κ2) is 4.14. The number of aromatic nitrogens is 2. The lowest BCUT2D eigenvalue weighted by Crippen LogP contribution is -2.31. The first-order valence-corrected chi connectivity index (χ1v) is 6.36. The molecule has 5 nitrogen and oxygen atoms in total. The van der Waals surface area contributed by atoms with Crippen molar-refractivity contribution in [2.75, 3.05) is 18.0 Å².